The molecule has 0 unspecified atom stereocenters. The Morgan fingerprint density at radius 3 is 1.93 bits per heavy atom. The summed E-state index contributed by atoms with van der Waals surface area (Å²) in [5.41, 5.74) is 2.53. The molecule has 27 heavy (non-hydrogen) atoms. The topological polar surface area (TPSA) is 49.3 Å². The number of carboxylic acids is 1. The van der Waals surface area contributed by atoms with Crippen molar-refractivity contribution in [2.24, 2.45) is 0 Å². The Hall–Kier alpha value is -2.29. The number of hydrogen-bond acceptors (Lipinski definition) is 2. The molecule has 0 aromatic heterocycles. The van der Waals surface area contributed by atoms with Crippen molar-refractivity contribution in [2.45, 2.75) is 64.2 Å². The largest absolute Gasteiger partial charge is 0.478 e. The molecule has 0 saturated carbocycles. The van der Waals surface area contributed by atoms with Gasteiger partial charge in [-0.3, -0.25) is 0 Å². The molecule has 2 aromatic carbocycles. The Morgan fingerprint density at radius 2 is 1.26 bits per heavy atom. The molecule has 0 aliphatic rings. The van der Waals surface area contributed by atoms with Gasteiger partial charge in [0.25, 0.3) is 0 Å². The van der Waals surface area contributed by atoms with E-state index in [0.29, 0.717) is 5.56 Å². The summed E-state index contributed by atoms with van der Waals surface area (Å²) in [6, 6.07) is 17.9. The molecule has 2 aromatic rings. The maximum atomic E-state index is 11.2. The number of aryl methyl sites for hydroxylation is 1. The van der Waals surface area contributed by atoms with Crippen molar-refractivity contribution >= 4 is 11.7 Å². The first-order valence-electron chi connectivity index (χ1n) is 10.4. The lowest BCUT2D eigenvalue weighted by Gasteiger charge is -2.09. The minimum atomic E-state index is -0.873. The predicted octanol–water partition coefficient (Wildman–Crippen LogP) is 6.55. The fraction of sp³-hybridized carbons (Fsp3) is 0.458. The maximum Gasteiger partial charge on any atom is 0.337 e. The van der Waals surface area contributed by atoms with Crippen molar-refractivity contribution in [1.82, 2.24) is 0 Å². The van der Waals surface area contributed by atoms with Gasteiger partial charge < -0.3 is 10.4 Å². The highest BCUT2D eigenvalue weighted by Gasteiger charge is 2.07. The molecule has 2 rings (SSSR count). The Balaban J connectivity index is 1.40. The molecule has 0 radical (unpaired) electrons. The van der Waals surface area contributed by atoms with E-state index in [1.165, 1.54) is 63.4 Å². The van der Waals surface area contributed by atoms with Gasteiger partial charge in [0.2, 0.25) is 0 Å². The molecular formula is C24H33NO2. The number of benzene rings is 2. The number of anilines is 1. The van der Waals surface area contributed by atoms with E-state index < -0.39 is 5.97 Å². The number of unbranched alkanes of at least 4 members (excludes halogenated alkanes) is 8. The molecule has 0 aliphatic heterocycles. The minimum absolute atomic E-state index is 0.352. The first kappa shape index (κ1) is 21.0. The van der Waals surface area contributed by atoms with Crippen LogP contribution in [0.25, 0.3) is 0 Å². The summed E-state index contributed by atoms with van der Waals surface area (Å²) in [5.74, 6) is -0.873. The molecule has 146 valence electrons. The van der Waals surface area contributed by atoms with Crippen LogP contribution in [0.15, 0.2) is 54.6 Å². The van der Waals surface area contributed by atoms with E-state index in [4.69, 9.17) is 5.11 Å². The number of hydrogen-bond donors (Lipinski definition) is 2. The van der Waals surface area contributed by atoms with E-state index in [2.05, 4.69) is 35.6 Å². The highest BCUT2D eigenvalue weighted by molar-refractivity contribution is 5.94. The highest BCUT2D eigenvalue weighted by atomic mass is 16.4. The van der Waals surface area contributed by atoms with Crippen molar-refractivity contribution < 1.29 is 9.90 Å². The first-order chi connectivity index (χ1) is 13.3. The number of nitrogens with one attached hydrogen (secondary N) is 1. The second-order valence-corrected chi connectivity index (χ2v) is 7.20. The molecular weight excluding hydrogens is 334 g/mol. The maximum absolute atomic E-state index is 11.2. The molecule has 0 heterocycles. The van der Waals surface area contributed by atoms with Crippen LogP contribution in [0.3, 0.4) is 0 Å². The fourth-order valence-electron chi connectivity index (χ4n) is 3.38. The number of carboxylic acid groups (broad SMARTS) is 1. The van der Waals surface area contributed by atoms with Gasteiger partial charge in [-0.25, -0.2) is 4.79 Å². The van der Waals surface area contributed by atoms with Gasteiger partial charge in [-0.1, -0.05) is 87.4 Å². The molecule has 0 spiro atoms. The van der Waals surface area contributed by atoms with E-state index in [9.17, 15) is 4.79 Å². The van der Waals surface area contributed by atoms with Crippen molar-refractivity contribution in [1.29, 1.82) is 0 Å². The quantitative estimate of drug-likeness (QED) is 0.372. The molecule has 3 nitrogen and oxygen atoms in total. The lowest BCUT2D eigenvalue weighted by atomic mass is 10.0. The predicted molar refractivity (Wildman–Crippen MR) is 114 cm³/mol. The summed E-state index contributed by atoms with van der Waals surface area (Å²) in [7, 11) is 0. The zero-order valence-electron chi connectivity index (χ0n) is 16.3. The summed E-state index contributed by atoms with van der Waals surface area (Å²) in [6.45, 7) is 0.837. The molecule has 0 saturated heterocycles. The number of para-hydroxylation sites is 1. The first-order valence-corrected chi connectivity index (χ1v) is 10.4. The number of aromatic carboxylic acids is 1. The lowest BCUT2D eigenvalue weighted by molar-refractivity contribution is 0.0698. The van der Waals surface area contributed by atoms with Crippen LogP contribution < -0.4 is 5.32 Å². The van der Waals surface area contributed by atoms with Gasteiger partial charge in [-0.15, -0.1) is 0 Å². The van der Waals surface area contributed by atoms with Crippen LogP contribution in [-0.2, 0) is 6.42 Å². The molecule has 2 N–H and O–H groups in total. The fourth-order valence-corrected chi connectivity index (χ4v) is 3.38. The van der Waals surface area contributed by atoms with Gasteiger partial charge in [0.05, 0.1) is 5.56 Å². The second-order valence-electron chi connectivity index (χ2n) is 7.20. The third-order valence-electron chi connectivity index (χ3n) is 4.96. The van der Waals surface area contributed by atoms with E-state index in [-0.39, 0.29) is 0 Å². The van der Waals surface area contributed by atoms with Crippen molar-refractivity contribution in [3.05, 3.63) is 65.7 Å². The van der Waals surface area contributed by atoms with Crippen molar-refractivity contribution in [3.63, 3.8) is 0 Å². The van der Waals surface area contributed by atoms with Crippen LogP contribution in [0.4, 0.5) is 5.69 Å². The van der Waals surface area contributed by atoms with E-state index in [1.807, 2.05) is 12.1 Å². The number of carbonyl (C=O) groups is 1. The normalized spacial score (nSPS) is 10.7. The zero-order valence-corrected chi connectivity index (χ0v) is 16.3. The van der Waals surface area contributed by atoms with Crippen LogP contribution >= 0.6 is 0 Å². The summed E-state index contributed by atoms with van der Waals surface area (Å²) in [6.07, 6.45) is 12.7. The average Bonchev–Trinajstić information content (AvgIpc) is 2.70. The zero-order chi connectivity index (χ0) is 19.2. The van der Waals surface area contributed by atoms with Gasteiger partial charge in [0.15, 0.2) is 0 Å². The van der Waals surface area contributed by atoms with Crippen LogP contribution in [0.2, 0.25) is 0 Å². The van der Waals surface area contributed by atoms with Crippen LogP contribution in [0, 0.1) is 0 Å². The van der Waals surface area contributed by atoms with Crippen molar-refractivity contribution in [2.75, 3.05) is 11.9 Å². The van der Waals surface area contributed by atoms with E-state index in [0.717, 1.165) is 18.7 Å². The van der Waals surface area contributed by atoms with Gasteiger partial charge in [-0.05, 0) is 37.0 Å². The minimum Gasteiger partial charge on any atom is -0.478 e. The van der Waals surface area contributed by atoms with Crippen LogP contribution in [-0.4, -0.2) is 17.6 Å². The van der Waals surface area contributed by atoms with Gasteiger partial charge in [0, 0.05) is 12.2 Å². The Morgan fingerprint density at radius 1 is 0.704 bits per heavy atom. The second kappa shape index (κ2) is 13.0. The molecule has 0 atom stereocenters. The Labute approximate surface area is 163 Å². The number of rotatable bonds is 14. The standard InChI is InChI=1S/C24H33NO2/c26-24(27)22-18-12-13-19-23(22)25-20-14-7-5-3-1-2-4-6-9-15-21-16-10-8-11-17-21/h8,10-13,16-19,25H,1-7,9,14-15,20H2,(H,26,27). The summed E-state index contributed by atoms with van der Waals surface area (Å²) >= 11 is 0. The smallest absolute Gasteiger partial charge is 0.337 e. The van der Waals surface area contributed by atoms with E-state index in [1.54, 1.807) is 12.1 Å². The van der Waals surface area contributed by atoms with Gasteiger partial charge in [0.1, 0.15) is 0 Å². The molecule has 0 amide bonds. The lowest BCUT2D eigenvalue weighted by Crippen LogP contribution is -2.07. The molecule has 0 bridgehead atoms. The van der Waals surface area contributed by atoms with E-state index >= 15 is 0 Å². The van der Waals surface area contributed by atoms with Gasteiger partial charge in [-0.2, -0.15) is 0 Å². The third kappa shape index (κ3) is 8.76. The Kier molecular flexibility index (Phi) is 10.1. The summed E-state index contributed by atoms with van der Waals surface area (Å²) in [4.78, 5) is 11.2. The van der Waals surface area contributed by atoms with Gasteiger partial charge >= 0.3 is 5.97 Å². The monoisotopic (exact) mass is 367 g/mol. The van der Waals surface area contributed by atoms with Crippen molar-refractivity contribution in [3.8, 4) is 0 Å². The highest BCUT2D eigenvalue weighted by Crippen LogP contribution is 2.16. The summed E-state index contributed by atoms with van der Waals surface area (Å²) in [5, 5.41) is 12.4. The summed E-state index contributed by atoms with van der Waals surface area (Å²) < 4.78 is 0. The molecule has 3 heteroatoms. The average molecular weight is 368 g/mol. The molecule has 0 aliphatic carbocycles. The molecule has 0 fully saturated rings. The Bertz CT molecular complexity index is 654. The van der Waals surface area contributed by atoms with Crippen LogP contribution in [0.5, 0.6) is 0 Å². The van der Waals surface area contributed by atoms with Crippen LogP contribution in [0.1, 0.15) is 73.7 Å². The third-order valence-corrected chi connectivity index (χ3v) is 4.96. The SMILES string of the molecule is O=C(O)c1ccccc1NCCCCCCCCCCCc1ccccc1.